The maximum Gasteiger partial charge on any atom is 0.142 e. The topological polar surface area (TPSA) is 12.5 Å². The van der Waals surface area contributed by atoms with Gasteiger partial charge in [0.15, 0.2) is 0 Å². The van der Waals surface area contributed by atoms with E-state index in [0.29, 0.717) is 6.61 Å². The molecule has 0 bridgehead atoms. The Labute approximate surface area is 115 Å². The van der Waals surface area contributed by atoms with Crippen LogP contribution in [0, 0.1) is 0 Å². The van der Waals surface area contributed by atoms with Crippen LogP contribution >= 0.6 is 15.9 Å². The second-order valence-electron chi connectivity index (χ2n) is 4.46. The molecule has 0 aliphatic carbocycles. The van der Waals surface area contributed by atoms with Crippen LogP contribution in [0.3, 0.4) is 0 Å². The summed E-state index contributed by atoms with van der Waals surface area (Å²) in [6.07, 6.45) is 0. The summed E-state index contributed by atoms with van der Waals surface area (Å²) in [5.41, 5.74) is 2.41. The third-order valence-corrected chi connectivity index (χ3v) is 3.84. The van der Waals surface area contributed by atoms with E-state index in [-0.39, 0.29) is 6.04 Å². The molecule has 1 aliphatic heterocycles. The molecule has 2 aromatic carbocycles. The summed E-state index contributed by atoms with van der Waals surface area (Å²) < 4.78 is 6.93. The maximum atomic E-state index is 5.85. The van der Waals surface area contributed by atoms with Gasteiger partial charge in [-0.25, -0.2) is 0 Å². The molecule has 1 aliphatic rings. The van der Waals surface area contributed by atoms with E-state index in [2.05, 4.69) is 58.2 Å². The fourth-order valence-corrected chi connectivity index (χ4v) is 2.68. The van der Waals surface area contributed by atoms with Gasteiger partial charge in [-0.2, -0.15) is 0 Å². The number of likely N-dealkylation sites (N-methyl/N-ethyl adjacent to an activating group) is 1. The molecule has 0 radical (unpaired) electrons. The Morgan fingerprint density at radius 2 is 1.94 bits per heavy atom. The van der Waals surface area contributed by atoms with Gasteiger partial charge in [-0.1, -0.05) is 46.3 Å². The Morgan fingerprint density at radius 3 is 2.72 bits per heavy atom. The van der Waals surface area contributed by atoms with Gasteiger partial charge in [0, 0.05) is 11.5 Å². The van der Waals surface area contributed by atoms with Gasteiger partial charge in [-0.15, -0.1) is 0 Å². The highest BCUT2D eigenvalue weighted by atomic mass is 79.9. The first-order valence-electron chi connectivity index (χ1n) is 5.96. The normalized spacial score (nSPS) is 18.1. The molecule has 0 aromatic heterocycles. The Bertz CT molecular complexity index is 556. The molecule has 18 heavy (non-hydrogen) atoms. The van der Waals surface area contributed by atoms with Gasteiger partial charge in [0.1, 0.15) is 12.4 Å². The van der Waals surface area contributed by atoms with Gasteiger partial charge in [0.2, 0.25) is 0 Å². The molecular weight excluding hydrogens is 290 g/mol. The van der Waals surface area contributed by atoms with Crippen molar-refractivity contribution in [3.05, 3.63) is 58.6 Å². The lowest BCUT2D eigenvalue weighted by atomic mass is 10.0. The molecule has 2 aromatic rings. The second-order valence-corrected chi connectivity index (χ2v) is 5.38. The predicted octanol–water partition coefficient (Wildman–Crippen LogP) is 4.02. The van der Waals surface area contributed by atoms with Crippen LogP contribution in [-0.4, -0.2) is 13.7 Å². The quantitative estimate of drug-likeness (QED) is 0.789. The number of halogens is 1. The van der Waals surface area contributed by atoms with Crippen molar-refractivity contribution in [2.24, 2.45) is 0 Å². The van der Waals surface area contributed by atoms with Gasteiger partial charge in [-0.05, 0) is 23.8 Å². The first kappa shape index (κ1) is 11.6. The van der Waals surface area contributed by atoms with Crippen molar-refractivity contribution in [2.45, 2.75) is 6.04 Å². The Hall–Kier alpha value is -1.48. The highest BCUT2D eigenvalue weighted by Crippen LogP contribution is 2.39. The van der Waals surface area contributed by atoms with Crippen LogP contribution in [0.1, 0.15) is 11.6 Å². The monoisotopic (exact) mass is 303 g/mol. The van der Waals surface area contributed by atoms with Crippen molar-refractivity contribution in [1.82, 2.24) is 0 Å². The standard InChI is InChI=1S/C15H14BrNO/c1-17-13-9-12(16)7-8-15(13)18-10-14(17)11-5-3-2-4-6-11/h2-9,14H,10H2,1H3. The van der Waals surface area contributed by atoms with E-state index in [0.717, 1.165) is 15.9 Å². The van der Waals surface area contributed by atoms with Crippen LogP contribution < -0.4 is 9.64 Å². The van der Waals surface area contributed by atoms with E-state index in [4.69, 9.17) is 4.74 Å². The summed E-state index contributed by atoms with van der Waals surface area (Å²) in [4.78, 5) is 2.28. The fourth-order valence-electron chi connectivity index (χ4n) is 2.33. The maximum absolute atomic E-state index is 5.85. The predicted molar refractivity (Wildman–Crippen MR) is 77.2 cm³/mol. The highest BCUT2D eigenvalue weighted by molar-refractivity contribution is 9.10. The lowest BCUT2D eigenvalue weighted by molar-refractivity contribution is 0.268. The van der Waals surface area contributed by atoms with E-state index < -0.39 is 0 Å². The van der Waals surface area contributed by atoms with Crippen LogP contribution in [-0.2, 0) is 0 Å². The molecule has 3 rings (SSSR count). The number of fused-ring (bicyclic) bond motifs is 1. The zero-order valence-corrected chi connectivity index (χ0v) is 11.7. The minimum atomic E-state index is 0.271. The Morgan fingerprint density at radius 1 is 1.17 bits per heavy atom. The number of anilines is 1. The van der Waals surface area contributed by atoms with Crippen LogP contribution in [0.2, 0.25) is 0 Å². The molecule has 1 atom stereocenters. The summed E-state index contributed by atoms with van der Waals surface area (Å²) >= 11 is 3.51. The van der Waals surface area contributed by atoms with Crippen LogP contribution in [0.5, 0.6) is 5.75 Å². The van der Waals surface area contributed by atoms with Crippen molar-refractivity contribution >= 4 is 21.6 Å². The third-order valence-electron chi connectivity index (χ3n) is 3.35. The average Bonchev–Trinajstić information content (AvgIpc) is 2.41. The number of rotatable bonds is 1. The van der Waals surface area contributed by atoms with Crippen molar-refractivity contribution in [1.29, 1.82) is 0 Å². The molecule has 0 saturated carbocycles. The second kappa shape index (κ2) is 4.65. The van der Waals surface area contributed by atoms with Crippen molar-refractivity contribution in [3.63, 3.8) is 0 Å². The average molecular weight is 304 g/mol. The Balaban J connectivity index is 1.99. The minimum Gasteiger partial charge on any atom is -0.489 e. The summed E-state index contributed by atoms with van der Waals surface area (Å²) in [5.74, 6) is 0.952. The van der Waals surface area contributed by atoms with Gasteiger partial charge in [0.05, 0.1) is 11.7 Å². The molecule has 0 amide bonds. The fraction of sp³-hybridized carbons (Fsp3) is 0.200. The zero-order valence-electron chi connectivity index (χ0n) is 10.1. The van der Waals surface area contributed by atoms with E-state index in [9.17, 15) is 0 Å². The van der Waals surface area contributed by atoms with Crippen molar-refractivity contribution in [3.8, 4) is 5.75 Å². The molecule has 0 saturated heterocycles. The molecule has 92 valence electrons. The lowest BCUT2D eigenvalue weighted by Crippen LogP contribution is -2.33. The zero-order chi connectivity index (χ0) is 12.5. The summed E-state index contributed by atoms with van der Waals surface area (Å²) in [5, 5.41) is 0. The van der Waals surface area contributed by atoms with E-state index in [1.165, 1.54) is 5.56 Å². The molecular formula is C15H14BrNO. The van der Waals surface area contributed by atoms with Crippen molar-refractivity contribution < 1.29 is 4.74 Å². The van der Waals surface area contributed by atoms with Crippen LogP contribution in [0.15, 0.2) is 53.0 Å². The lowest BCUT2D eigenvalue weighted by Gasteiger charge is -2.36. The number of hydrogen-bond acceptors (Lipinski definition) is 2. The molecule has 0 fully saturated rings. The highest BCUT2D eigenvalue weighted by Gasteiger charge is 2.25. The largest absolute Gasteiger partial charge is 0.489 e. The summed E-state index contributed by atoms with van der Waals surface area (Å²) in [6, 6.07) is 16.9. The van der Waals surface area contributed by atoms with E-state index >= 15 is 0 Å². The van der Waals surface area contributed by atoms with E-state index in [1.807, 2.05) is 18.2 Å². The number of benzene rings is 2. The summed E-state index contributed by atoms with van der Waals surface area (Å²) in [6.45, 7) is 0.690. The minimum absolute atomic E-state index is 0.271. The molecule has 3 heteroatoms. The van der Waals surface area contributed by atoms with Crippen LogP contribution in [0.4, 0.5) is 5.69 Å². The third kappa shape index (κ3) is 1.99. The van der Waals surface area contributed by atoms with Crippen LogP contribution in [0.25, 0.3) is 0 Å². The van der Waals surface area contributed by atoms with Gasteiger partial charge in [0.25, 0.3) is 0 Å². The van der Waals surface area contributed by atoms with Crippen molar-refractivity contribution in [2.75, 3.05) is 18.6 Å². The molecule has 1 unspecified atom stereocenters. The smallest absolute Gasteiger partial charge is 0.142 e. The first-order valence-corrected chi connectivity index (χ1v) is 6.75. The number of nitrogens with zero attached hydrogens (tertiary/aromatic N) is 1. The molecule has 1 heterocycles. The molecule has 2 nitrogen and oxygen atoms in total. The SMILES string of the molecule is CN1c2cc(Br)ccc2OCC1c1ccccc1. The van der Waals surface area contributed by atoms with E-state index in [1.54, 1.807) is 0 Å². The van der Waals surface area contributed by atoms with Gasteiger partial charge in [-0.3, -0.25) is 0 Å². The Kier molecular flexibility index (Phi) is 3.00. The molecule has 0 N–H and O–H groups in total. The molecule has 0 spiro atoms. The summed E-state index contributed by atoms with van der Waals surface area (Å²) in [7, 11) is 2.12. The van der Waals surface area contributed by atoms with Gasteiger partial charge >= 0.3 is 0 Å². The number of hydrogen-bond donors (Lipinski definition) is 0. The van der Waals surface area contributed by atoms with Gasteiger partial charge < -0.3 is 9.64 Å². The first-order chi connectivity index (χ1) is 8.75. The number of ether oxygens (including phenoxy) is 1.